The molecule has 0 aliphatic rings. The lowest BCUT2D eigenvalue weighted by molar-refractivity contribution is 0.613. The van der Waals surface area contributed by atoms with Gasteiger partial charge in [0, 0.05) is 18.3 Å². The lowest BCUT2D eigenvalue weighted by atomic mass is 10.3. The molecule has 0 aromatic carbocycles. The van der Waals surface area contributed by atoms with E-state index in [-0.39, 0.29) is 5.56 Å². The fraction of sp³-hybridized carbons (Fsp3) is 0.500. The molecule has 0 aliphatic heterocycles. The fourth-order valence-electron chi connectivity index (χ4n) is 1.23. The van der Waals surface area contributed by atoms with Crippen LogP contribution in [-0.4, -0.2) is 10.3 Å². The maximum absolute atomic E-state index is 11.5. The molecule has 1 aromatic heterocycles. The van der Waals surface area contributed by atoms with Crippen molar-refractivity contribution in [3.63, 3.8) is 0 Å². The van der Waals surface area contributed by atoms with Crippen molar-refractivity contribution in [1.82, 2.24) is 4.57 Å². The summed E-state index contributed by atoms with van der Waals surface area (Å²) in [6.07, 6.45) is 3.92. The second-order valence-corrected chi connectivity index (χ2v) is 3.57. The highest BCUT2D eigenvalue weighted by Gasteiger charge is 1.96. The zero-order chi connectivity index (χ0) is 9.68. The van der Waals surface area contributed by atoms with Gasteiger partial charge in [-0.15, -0.1) is 0 Å². The lowest BCUT2D eigenvalue weighted by Crippen LogP contribution is -2.21. The molecule has 0 bridgehead atoms. The van der Waals surface area contributed by atoms with Gasteiger partial charge < -0.3 is 4.57 Å². The number of aromatic nitrogens is 1. The van der Waals surface area contributed by atoms with Crippen LogP contribution in [0.15, 0.2) is 23.1 Å². The van der Waals surface area contributed by atoms with Gasteiger partial charge in [0.2, 0.25) is 0 Å². The normalized spacial score (nSPS) is 10.3. The van der Waals surface area contributed by atoms with Crippen molar-refractivity contribution >= 4 is 12.6 Å². The summed E-state index contributed by atoms with van der Waals surface area (Å²) in [5.74, 6) is 0.889. The Labute approximate surface area is 84.0 Å². The minimum atomic E-state index is 0.127. The van der Waals surface area contributed by atoms with Crippen molar-refractivity contribution in [3.8, 4) is 0 Å². The van der Waals surface area contributed by atoms with Crippen molar-refractivity contribution in [2.45, 2.75) is 26.3 Å². The molecule has 0 saturated carbocycles. The first-order valence-corrected chi connectivity index (χ1v) is 5.16. The minimum Gasteiger partial charge on any atom is -0.315 e. The number of hydrogen-bond donors (Lipinski definition) is 1. The standard InChI is InChI=1S/C10H15NOS/c1-9-5-4-7-11(10(9)12)6-2-3-8-13/h4-5,7,13H,2-3,6,8H2,1H3. The van der Waals surface area contributed by atoms with Gasteiger partial charge in [0.15, 0.2) is 0 Å². The Balaban J connectivity index is 2.67. The summed E-state index contributed by atoms with van der Waals surface area (Å²) < 4.78 is 1.76. The molecule has 0 amide bonds. The zero-order valence-electron chi connectivity index (χ0n) is 7.86. The third-order valence-electron chi connectivity index (χ3n) is 2.02. The molecule has 1 rings (SSSR count). The number of pyridine rings is 1. The number of hydrogen-bond acceptors (Lipinski definition) is 2. The summed E-state index contributed by atoms with van der Waals surface area (Å²) in [5.41, 5.74) is 0.940. The summed E-state index contributed by atoms with van der Waals surface area (Å²) in [6.45, 7) is 2.65. The van der Waals surface area contributed by atoms with Crippen molar-refractivity contribution in [3.05, 3.63) is 34.2 Å². The maximum Gasteiger partial charge on any atom is 0.253 e. The average molecular weight is 197 g/mol. The molecule has 3 heteroatoms. The van der Waals surface area contributed by atoms with Gasteiger partial charge in [-0.05, 0) is 31.6 Å². The summed E-state index contributed by atoms with van der Waals surface area (Å²) in [4.78, 5) is 11.5. The number of thiol groups is 1. The molecular formula is C10H15NOS. The van der Waals surface area contributed by atoms with Crippen molar-refractivity contribution in [1.29, 1.82) is 0 Å². The third kappa shape index (κ3) is 2.92. The minimum absolute atomic E-state index is 0.127. The molecule has 2 nitrogen and oxygen atoms in total. The van der Waals surface area contributed by atoms with E-state index in [1.165, 1.54) is 0 Å². The largest absolute Gasteiger partial charge is 0.315 e. The topological polar surface area (TPSA) is 22.0 Å². The highest BCUT2D eigenvalue weighted by molar-refractivity contribution is 7.80. The van der Waals surface area contributed by atoms with Crippen LogP contribution >= 0.6 is 12.6 Å². The van der Waals surface area contributed by atoms with Crippen LogP contribution in [0.25, 0.3) is 0 Å². The van der Waals surface area contributed by atoms with Crippen LogP contribution in [0.5, 0.6) is 0 Å². The quantitative estimate of drug-likeness (QED) is 0.577. The van der Waals surface area contributed by atoms with Crippen LogP contribution in [0.2, 0.25) is 0 Å². The number of unbranched alkanes of at least 4 members (excludes halogenated alkanes) is 1. The second-order valence-electron chi connectivity index (χ2n) is 3.12. The zero-order valence-corrected chi connectivity index (χ0v) is 8.76. The molecule has 13 heavy (non-hydrogen) atoms. The highest BCUT2D eigenvalue weighted by atomic mass is 32.1. The Morgan fingerprint density at radius 2 is 2.23 bits per heavy atom. The average Bonchev–Trinajstić information content (AvgIpc) is 2.13. The van der Waals surface area contributed by atoms with Gasteiger partial charge in [0.05, 0.1) is 0 Å². The van der Waals surface area contributed by atoms with E-state index in [0.29, 0.717) is 0 Å². The Morgan fingerprint density at radius 3 is 2.92 bits per heavy atom. The molecule has 0 atom stereocenters. The molecule has 0 fully saturated rings. The SMILES string of the molecule is Cc1cccn(CCCCS)c1=O. The van der Waals surface area contributed by atoms with E-state index >= 15 is 0 Å². The lowest BCUT2D eigenvalue weighted by Gasteiger charge is -2.04. The number of aryl methyl sites for hydroxylation is 2. The Kier molecular flexibility index (Phi) is 4.09. The van der Waals surface area contributed by atoms with E-state index in [1.54, 1.807) is 4.57 Å². The molecule has 1 heterocycles. The molecule has 0 saturated heterocycles. The van der Waals surface area contributed by atoms with Gasteiger partial charge in [-0.2, -0.15) is 12.6 Å². The van der Waals surface area contributed by atoms with Crippen molar-refractivity contribution in [2.24, 2.45) is 0 Å². The summed E-state index contributed by atoms with van der Waals surface area (Å²) in [7, 11) is 0. The predicted molar refractivity (Wildman–Crippen MR) is 58.5 cm³/mol. The monoisotopic (exact) mass is 197 g/mol. The first-order chi connectivity index (χ1) is 6.25. The van der Waals surface area contributed by atoms with Gasteiger partial charge in [-0.3, -0.25) is 4.79 Å². The van der Waals surface area contributed by atoms with Gasteiger partial charge >= 0.3 is 0 Å². The Hall–Kier alpha value is -0.700. The van der Waals surface area contributed by atoms with Gasteiger partial charge in [0.1, 0.15) is 0 Å². The van der Waals surface area contributed by atoms with Crippen molar-refractivity contribution < 1.29 is 0 Å². The molecule has 0 unspecified atom stereocenters. The van der Waals surface area contributed by atoms with E-state index in [9.17, 15) is 4.79 Å². The van der Waals surface area contributed by atoms with Crippen LogP contribution < -0.4 is 5.56 Å². The molecular weight excluding hydrogens is 182 g/mol. The van der Waals surface area contributed by atoms with Gasteiger partial charge in [-0.25, -0.2) is 0 Å². The van der Waals surface area contributed by atoms with Crippen LogP contribution in [0.3, 0.4) is 0 Å². The summed E-state index contributed by atoms with van der Waals surface area (Å²) >= 11 is 4.13. The molecule has 0 N–H and O–H groups in total. The van der Waals surface area contributed by atoms with E-state index in [0.717, 1.165) is 30.7 Å². The first-order valence-electron chi connectivity index (χ1n) is 4.52. The maximum atomic E-state index is 11.5. The second kappa shape index (κ2) is 5.12. The van der Waals surface area contributed by atoms with E-state index < -0.39 is 0 Å². The van der Waals surface area contributed by atoms with E-state index in [1.807, 2.05) is 25.3 Å². The van der Waals surface area contributed by atoms with Crippen LogP contribution in [0, 0.1) is 6.92 Å². The van der Waals surface area contributed by atoms with E-state index in [2.05, 4.69) is 12.6 Å². The number of nitrogens with zero attached hydrogens (tertiary/aromatic N) is 1. The van der Waals surface area contributed by atoms with Crippen LogP contribution in [0.4, 0.5) is 0 Å². The fourth-order valence-corrected chi connectivity index (χ4v) is 1.45. The predicted octanol–water partition coefficient (Wildman–Crippen LogP) is 1.87. The Morgan fingerprint density at radius 1 is 1.46 bits per heavy atom. The molecule has 0 spiro atoms. The van der Waals surface area contributed by atoms with Gasteiger partial charge in [0.25, 0.3) is 5.56 Å². The molecule has 0 aliphatic carbocycles. The highest BCUT2D eigenvalue weighted by Crippen LogP contribution is 1.95. The van der Waals surface area contributed by atoms with Crippen molar-refractivity contribution in [2.75, 3.05) is 5.75 Å². The molecule has 1 aromatic rings. The number of rotatable bonds is 4. The first kappa shape index (κ1) is 10.4. The van der Waals surface area contributed by atoms with Gasteiger partial charge in [-0.1, -0.05) is 6.07 Å². The molecule has 0 radical (unpaired) electrons. The van der Waals surface area contributed by atoms with E-state index in [4.69, 9.17) is 0 Å². The summed E-state index contributed by atoms with van der Waals surface area (Å²) in [6, 6.07) is 3.76. The molecule has 72 valence electrons. The third-order valence-corrected chi connectivity index (χ3v) is 2.33. The Bertz CT molecular complexity index is 319. The smallest absolute Gasteiger partial charge is 0.253 e. The van der Waals surface area contributed by atoms with Crippen LogP contribution in [0.1, 0.15) is 18.4 Å². The summed E-state index contributed by atoms with van der Waals surface area (Å²) in [5, 5.41) is 0. The van der Waals surface area contributed by atoms with Crippen LogP contribution in [-0.2, 0) is 6.54 Å².